The molecule has 0 saturated carbocycles. The van der Waals surface area contributed by atoms with E-state index in [9.17, 15) is 4.79 Å². The molecule has 2 aromatic rings. The smallest absolute Gasteiger partial charge is 0.239 e. The fraction of sp³-hybridized carbons (Fsp3) is 0.524. The van der Waals surface area contributed by atoms with Gasteiger partial charge in [-0.3, -0.25) is 9.69 Å². The molecule has 1 heterocycles. The van der Waals surface area contributed by atoms with E-state index in [4.69, 9.17) is 9.47 Å². The maximum Gasteiger partial charge on any atom is 0.239 e. The van der Waals surface area contributed by atoms with Gasteiger partial charge < -0.3 is 14.8 Å². The summed E-state index contributed by atoms with van der Waals surface area (Å²) in [6.07, 6.45) is 4.02. The molecule has 0 bridgehead atoms. The van der Waals surface area contributed by atoms with Gasteiger partial charge in [-0.1, -0.05) is 57.0 Å². The number of carbonyl (C=O) groups is 1. The third-order valence-electron chi connectivity index (χ3n) is 4.11. The number of aromatic nitrogens is 3. The summed E-state index contributed by atoms with van der Waals surface area (Å²) in [4.78, 5) is 27.0. The van der Waals surface area contributed by atoms with E-state index in [0.717, 1.165) is 31.2 Å². The van der Waals surface area contributed by atoms with Gasteiger partial charge in [0.1, 0.15) is 13.5 Å². The molecule has 0 atom stereocenters. The van der Waals surface area contributed by atoms with Gasteiger partial charge in [-0.2, -0.15) is 15.0 Å². The van der Waals surface area contributed by atoms with Crippen molar-refractivity contribution in [3.63, 3.8) is 0 Å². The second-order valence-corrected chi connectivity index (χ2v) is 6.57. The maximum atomic E-state index is 12.2. The van der Waals surface area contributed by atoms with E-state index in [0.29, 0.717) is 25.0 Å². The first kappa shape index (κ1) is 22.7. The number of nitrogens with zero attached hydrogens (tertiary/aromatic N) is 4. The number of amides is 1. The number of hydrogen-bond acceptors (Lipinski definition) is 7. The number of anilines is 2. The van der Waals surface area contributed by atoms with Crippen molar-refractivity contribution < 1.29 is 14.3 Å². The minimum absolute atomic E-state index is 0.0972. The molecule has 1 N–H and O–H groups in total. The van der Waals surface area contributed by atoms with Crippen molar-refractivity contribution in [2.75, 3.05) is 36.9 Å². The van der Waals surface area contributed by atoms with E-state index in [1.54, 1.807) is 0 Å². The molecule has 0 aliphatic rings. The minimum Gasteiger partial charge on any atom is -0.361 e. The molecule has 1 aromatic heterocycles. The van der Waals surface area contributed by atoms with Crippen LogP contribution in [-0.4, -0.2) is 47.5 Å². The zero-order valence-corrected chi connectivity index (χ0v) is 17.6. The van der Waals surface area contributed by atoms with Crippen LogP contribution in [0.25, 0.3) is 11.4 Å². The molecule has 0 aliphatic carbocycles. The summed E-state index contributed by atoms with van der Waals surface area (Å²) >= 11 is 0. The zero-order chi connectivity index (χ0) is 20.9. The second-order valence-electron chi connectivity index (χ2n) is 6.57. The second kappa shape index (κ2) is 12.8. The van der Waals surface area contributed by atoms with Crippen LogP contribution in [0.2, 0.25) is 0 Å². The maximum absolute atomic E-state index is 12.2. The molecule has 0 spiro atoms. The molecule has 158 valence electrons. The summed E-state index contributed by atoms with van der Waals surface area (Å²) in [6.45, 7) is 7.29. The lowest BCUT2D eigenvalue weighted by molar-refractivity contribution is -0.117. The Kier molecular flexibility index (Phi) is 10.0. The van der Waals surface area contributed by atoms with Gasteiger partial charge >= 0.3 is 0 Å². The molecule has 29 heavy (non-hydrogen) atoms. The average Bonchev–Trinajstić information content (AvgIpc) is 2.74. The molecule has 0 fully saturated rings. The highest BCUT2D eigenvalue weighted by Gasteiger charge is 2.18. The van der Waals surface area contributed by atoms with Gasteiger partial charge in [0.2, 0.25) is 17.8 Å². The normalized spacial score (nSPS) is 10.7. The highest BCUT2D eigenvalue weighted by atomic mass is 16.5. The van der Waals surface area contributed by atoms with Crippen molar-refractivity contribution in [2.45, 2.75) is 46.5 Å². The van der Waals surface area contributed by atoms with Gasteiger partial charge in [-0.05, 0) is 12.8 Å². The minimum atomic E-state index is -0.197. The highest BCUT2D eigenvalue weighted by molar-refractivity contribution is 5.89. The fourth-order valence-electron chi connectivity index (χ4n) is 2.41. The van der Waals surface area contributed by atoms with E-state index in [-0.39, 0.29) is 25.3 Å². The molecule has 0 unspecified atom stereocenters. The third kappa shape index (κ3) is 7.75. The van der Waals surface area contributed by atoms with Gasteiger partial charge in [-0.25, -0.2) is 0 Å². The van der Waals surface area contributed by atoms with E-state index in [2.05, 4.69) is 34.1 Å². The Labute approximate surface area is 172 Å². The number of carbonyl (C=O) groups excluding carboxylic acids is 1. The zero-order valence-electron chi connectivity index (χ0n) is 17.6. The number of rotatable bonds is 13. The van der Waals surface area contributed by atoms with Crippen LogP contribution < -0.4 is 10.2 Å². The lowest BCUT2D eigenvalue weighted by Crippen LogP contribution is -2.33. The predicted molar refractivity (Wildman–Crippen MR) is 113 cm³/mol. The van der Waals surface area contributed by atoms with E-state index in [1.807, 2.05) is 30.3 Å². The van der Waals surface area contributed by atoms with Gasteiger partial charge in [-0.15, -0.1) is 0 Å². The molecule has 0 saturated heterocycles. The van der Waals surface area contributed by atoms with Crippen LogP contribution >= 0.6 is 0 Å². The Bertz CT molecular complexity index is 742. The summed E-state index contributed by atoms with van der Waals surface area (Å²) in [5, 5.41) is 3.06. The largest absolute Gasteiger partial charge is 0.361 e. The van der Waals surface area contributed by atoms with Gasteiger partial charge in [0.05, 0.1) is 0 Å². The number of benzene rings is 1. The van der Waals surface area contributed by atoms with Crippen molar-refractivity contribution in [1.29, 1.82) is 0 Å². The summed E-state index contributed by atoms with van der Waals surface area (Å²) in [6, 6.07) is 9.58. The average molecular weight is 402 g/mol. The predicted octanol–water partition coefficient (Wildman–Crippen LogP) is 3.85. The van der Waals surface area contributed by atoms with Crippen LogP contribution in [0.3, 0.4) is 0 Å². The van der Waals surface area contributed by atoms with Crippen molar-refractivity contribution in [3.8, 4) is 11.4 Å². The molecule has 0 aliphatic heterocycles. The van der Waals surface area contributed by atoms with Crippen molar-refractivity contribution in [3.05, 3.63) is 30.3 Å². The Balaban J connectivity index is 2.23. The lowest BCUT2D eigenvalue weighted by Gasteiger charge is -2.20. The van der Waals surface area contributed by atoms with Crippen LogP contribution in [-0.2, 0) is 14.3 Å². The molecule has 1 amide bonds. The van der Waals surface area contributed by atoms with Crippen LogP contribution in [0.15, 0.2) is 30.3 Å². The van der Waals surface area contributed by atoms with Crippen molar-refractivity contribution in [1.82, 2.24) is 15.0 Å². The molecule has 2 rings (SSSR count). The highest BCUT2D eigenvalue weighted by Crippen LogP contribution is 2.20. The van der Waals surface area contributed by atoms with Gasteiger partial charge in [0, 0.05) is 25.7 Å². The lowest BCUT2D eigenvalue weighted by atomic mass is 10.2. The van der Waals surface area contributed by atoms with Crippen molar-refractivity contribution in [2.24, 2.45) is 0 Å². The Morgan fingerprint density at radius 1 is 1.00 bits per heavy atom. The summed E-state index contributed by atoms with van der Waals surface area (Å²) in [5.41, 5.74) is 0.835. The topological polar surface area (TPSA) is 89.5 Å². The van der Waals surface area contributed by atoms with Gasteiger partial charge in [0.25, 0.3) is 0 Å². The first-order valence-electron chi connectivity index (χ1n) is 10.1. The van der Waals surface area contributed by atoms with Crippen LogP contribution in [0, 0.1) is 0 Å². The third-order valence-corrected chi connectivity index (χ3v) is 4.11. The molecular weight excluding hydrogens is 370 g/mol. The Morgan fingerprint density at radius 3 is 2.34 bits per heavy atom. The summed E-state index contributed by atoms with van der Waals surface area (Å²) in [7, 11) is 0. The van der Waals surface area contributed by atoms with Crippen LogP contribution in [0.5, 0.6) is 0 Å². The van der Waals surface area contributed by atoms with Gasteiger partial charge in [0.15, 0.2) is 5.82 Å². The van der Waals surface area contributed by atoms with E-state index in [1.165, 1.54) is 11.8 Å². The quantitative estimate of drug-likeness (QED) is 0.403. The van der Waals surface area contributed by atoms with Crippen LogP contribution in [0.1, 0.15) is 46.5 Å². The number of unbranched alkanes of at least 4 members (excludes halogenated alkanes) is 2. The fourth-order valence-corrected chi connectivity index (χ4v) is 2.41. The first-order chi connectivity index (χ1) is 14.2. The molecule has 8 nitrogen and oxygen atoms in total. The van der Waals surface area contributed by atoms with Crippen LogP contribution in [0.4, 0.5) is 11.9 Å². The first-order valence-corrected chi connectivity index (χ1v) is 10.1. The Hall–Kier alpha value is -2.58. The van der Waals surface area contributed by atoms with Crippen molar-refractivity contribution >= 4 is 17.8 Å². The number of hydrogen-bond donors (Lipinski definition) is 1. The monoisotopic (exact) mass is 401 g/mol. The molecule has 0 radical (unpaired) electrons. The Morgan fingerprint density at radius 2 is 1.69 bits per heavy atom. The molecule has 1 aromatic carbocycles. The summed E-state index contributed by atoms with van der Waals surface area (Å²) in [5.74, 6) is 0.882. The number of ether oxygens (including phenoxy) is 2. The van der Waals surface area contributed by atoms with E-state index < -0.39 is 0 Å². The summed E-state index contributed by atoms with van der Waals surface area (Å²) < 4.78 is 11.2. The number of nitrogens with one attached hydrogen (secondary N) is 1. The standard InChI is InChI=1S/C21H31N5O3/c1-4-6-13-28-15-22-20-23-19(18-11-9-8-10-12-18)24-21(25-20)26(17(3)27)16-29-14-7-5-2/h8-12H,4-7,13-16H2,1-3H3,(H,22,23,24,25). The molecular formula is C21H31N5O3. The SMILES string of the molecule is CCCCOCNc1nc(-c2ccccc2)nc(N(COCCCC)C(C)=O)n1. The molecule has 8 heteroatoms. The van der Waals surface area contributed by atoms with E-state index >= 15 is 0 Å².